The number of aromatic nitrogens is 2. The zero-order valence-electron chi connectivity index (χ0n) is 10.5. The van der Waals surface area contributed by atoms with Crippen molar-refractivity contribution in [3.8, 4) is 0 Å². The average Bonchev–Trinajstić information content (AvgIpc) is 2.28. The summed E-state index contributed by atoms with van der Waals surface area (Å²) in [6.07, 6.45) is 1.89. The van der Waals surface area contributed by atoms with E-state index in [-0.39, 0.29) is 29.7 Å². The minimum Gasteiger partial charge on any atom is -0.446 e. The van der Waals surface area contributed by atoms with E-state index in [1.807, 2.05) is 6.20 Å². The fourth-order valence-corrected chi connectivity index (χ4v) is 1.02. The van der Waals surface area contributed by atoms with Crippen LogP contribution in [0.15, 0.2) is 6.20 Å². The molecule has 0 atom stereocenters. The maximum atomic E-state index is 4.54. The minimum absolute atomic E-state index is 0. The van der Waals surface area contributed by atoms with E-state index in [4.69, 9.17) is 0 Å². The molecular formula is C11H19LiN2. The van der Waals surface area contributed by atoms with Crippen LogP contribution in [-0.4, -0.2) is 4.98 Å². The topological polar surface area (TPSA) is 27.0 Å². The van der Waals surface area contributed by atoms with Crippen molar-refractivity contribution in [3.05, 3.63) is 17.7 Å². The standard InChI is InChI=1S/C11H19N2.Li/c1-10(2,3)8-7-12-9(13-8)11(4,5)6;/h7H,1-6H3;/q-1;+1. The van der Waals surface area contributed by atoms with Crippen LogP contribution in [0, 0.1) is 0 Å². The molecule has 0 bridgehead atoms. The van der Waals surface area contributed by atoms with Crippen LogP contribution in [0.2, 0.25) is 0 Å². The van der Waals surface area contributed by atoms with E-state index in [2.05, 4.69) is 51.5 Å². The second kappa shape index (κ2) is 4.12. The molecule has 74 valence electrons. The van der Waals surface area contributed by atoms with E-state index < -0.39 is 0 Å². The van der Waals surface area contributed by atoms with Gasteiger partial charge < -0.3 is 9.97 Å². The normalized spacial score (nSPS) is 12.4. The summed E-state index contributed by atoms with van der Waals surface area (Å²) in [4.78, 5) is 8.88. The van der Waals surface area contributed by atoms with E-state index in [1.165, 1.54) is 0 Å². The Hall–Kier alpha value is -0.193. The van der Waals surface area contributed by atoms with Gasteiger partial charge in [-0.3, -0.25) is 0 Å². The first-order valence-electron chi connectivity index (χ1n) is 4.72. The van der Waals surface area contributed by atoms with Crippen LogP contribution in [0.5, 0.6) is 0 Å². The predicted octanol–water partition coefficient (Wildman–Crippen LogP) is -0.362. The molecular weight excluding hydrogens is 167 g/mol. The first-order chi connectivity index (χ1) is 5.71. The second-order valence-electron chi connectivity index (χ2n) is 5.58. The van der Waals surface area contributed by atoms with Crippen LogP contribution in [0.3, 0.4) is 0 Å². The van der Waals surface area contributed by atoms with E-state index >= 15 is 0 Å². The summed E-state index contributed by atoms with van der Waals surface area (Å²) in [7, 11) is 0. The van der Waals surface area contributed by atoms with Crippen LogP contribution in [-0.2, 0) is 10.8 Å². The van der Waals surface area contributed by atoms with Crippen molar-refractivity contribution in [2.45, 2.75) is 52.4 Å². The van der Waals surface area contributed by atoms with Gasteiger partial charge in [0.1, 0.15) is 0 Å². The largest absolute Gasteiger partial charge is 1.00 e. The van der Waals surface area contributed by atoms with E-state index in [0.29, 0.717) is 0 Å². The Morgan fingerprint density at radius 3 is 1.71 bits per heavy atom. The van der Waals surface area contributed by atoms with Crippen molar-refractivity contribution in [2.75, 3.05) is 0 Å². The summed E-state index contributed by atoms with van der Waals surface area (Å²) in [6, 6.07) is 0. The third-order valence-electron chi connectivity index (χ3n) is 1.97. The Morgan fingerprint density at radius 2 is 1.50 bits per heavy atom. The van der Waals surface area contributed by atoms with E-state index in [9.17, 15) is 0 Å². The Bertz CT molecular complexity index is 260. The molecule has 0 unspecified atom stereocenters. The quantitative estimate of drug-likeness (QED) is 0.517. The fraction of sp³-hybridized carbons (Fsp3) is 0.727. The van der Waals surface area contributed by atoms with Crippen LogP contribution in [0.25, 0.3) is 0 Å². The van der Waals surface area contributed by atoms with Crippen LogP contribution in [0.4, 0.5) is 0 Å². The van der Waals surface area contributed by atoms with Gasteiger partial charge in [0.2, 0.25) is 0 Å². The van der Waals surface area contributed by atoms with Crippen molar-refractivity contribution in [2.24, 2.45) is 0 Å². The number of rotatable bonds is 0. The average molecular weight is 186 g/mol. The first kappa shape index (κ1) is 13.8. The molecule has 0 amide bonds. The van der Waals surface area contributed by atoms with E-state index in [0.717, 1.165) is 11.5 Å². The van der Waals surface area contributed by atoms with Crippen LogP contribution in [0.1, 0.15) is 53.1 Å². The van der Waals surface area contributed by atoms with Gasteiger partial charge in [-0.05, 0) is 10.8 Å². The zero-order chi connectivity index (χ0) is 10.3. The molecule has 1 heterocycles. The molecule has 0 aliphatic heterocycles. The Morgan fingerprint density at radius 1 is 1.00 bits per heavy atom. The van der Waals surface area contributed by atoms with Gasteiger partial charge in [0.15, 0.2) is 0 Å². The zero-order valence-corrected chi connectivity index (χ0v) is 10.5. The molecule has 0 saturated heterocycles. The molecule has 2 nitrogen and oxygen atoms in total. The third-order valence-corrected chi connectivity index (χ3v) is 1.97. The molecule has 0 aliphatic carbocycles. The van der Waals surface area contributed by atoms with Gasteiger partial charge in [-0.1, -0.05) is 59.3 Å². The summed E-state index contributed by atoms with van der Waals surface area (Å²) in [5, 5.41) is 0. The Balaban J connectivity index is 0.00000169. The summed E-state index contributed by atoms with van der Waals surface area (Å²) in [5.74, 6) is 0.942. The maximum Gasteiger partial charge on any atom is 1.00 e. The molecule has 0 fully saturated rings. The van der Waals surface area contributed by atoms with Crippen molar-refractivity contribution in [1.82, 2.24) is 9.97 Å². The Kier molecular flexibility index (Phi) is 4.07. The number of hydrogen-bond donors (Lipinski definition) is 0. The molecule has 14 heavy (non-hydrogen) atoms. The third kappa shape index (κ3) is 3.19. The van der Waals surface area contributed by atoms with Gasteiger partial charge in [0.25, 0.3) is 0 Å². The second-order valence-corrected chi connectivity index (χ2v) is 5.58. The van der Waals surface area contributed by atoms with E-state index in [1.54, 1.807) is 0 Å². The molecule has 1 aromatic heterocycles. The predicted molar refractivity (Wildman–Crippen MR) is 55.0 cm³/mol. The molecule has 1 rings (SSSR count). The fourth-order valence-electron chi connectivity index (χ4n) is 1.02. The molecule has 0 saturated carbocycles. The number of imidazole rings is 1. The molecule has 0 radical (unpaired) electrons. The number of nitrogens with zero attached hydrogens (tertiary/aromatic N) is 2. The molecule has 0 aromatic carbocycles. The number of hydrogen-bond acceptors (Lipinski definition) is 1. The first-order valence-corrected chi connectivity index (χ1v) is 4.72. The molecule has 1 aromatic rings. The monoisotopic (exact) mass is 186 g/mol. The van der Waals surface area contributed by atoms with Gasteiger partial charge in [0, 0.05) is 0 Å². The SMILES string of the molecule is CC(C)(C)c1cnc(C(C)(C)C)[n-]1.[Li+]. The maximum absolute atomic E-state index is 4.54. The van der Waals surface area contributed by atoms with Crippen LogP contribution >= 0.6 is 0 Å². The van der Waals surface area contributed by atoms with Crippen molar-refractivity contribution in [1.29, 1.82) is 0 Å². The van der Waals surface area contributed by atoms with Crippen molar-refractivity contribution < 1.29 is 18.9 Å². The Labute approximate surface area is 99.1 Å². The minimum atomic E-state index is 0. The molecule has 0 N–H and O–H groups in total. The summed E-state index contributed by atoms with van der Waals surface area (Å²) >= 11 is 0. The van der Waals surface area contributed by atoms with Gasteiger partial charge in [-0.15, -0.1) is 0 Å². The van der Waals surface area contributed by atoms with Gasteiger partial charge in [-0.2, -0.15) is 0 Å². The molecule has 0 spiro atoms. The summed E-state index contributed by atoms with van der Waals surface area (Å²) in [6.45, 7) is 12.9. The van der Waals surface area contributed by atoms with Gasteiger partial charge in [-0.25, -0.2) is 0 Å². The molecule has 3 heteroatoms. The summed E-state index contributed by atoms with van der Waals surface area (Å²) < 4.78 is 0. The summed E-state index contributed by atoms with van der Waals surface area (Å²) in [5.41, 5.74) is 1.25. The molecule has 0 aliphatic rings. The van der Waals surface area contributed by atoms with Gasteiger partial charge >= 0.3 is 18.9 Å². The van der Waals surface area contributed by atoms with Gasteiger partial charge in [0.05, 0.1) is 0 Å². The van der Waals surface area contributed by atoms with Crippen molar-refractivity contribution in [3.63, 3.8) is 0 Å². The smallest absolute Gasteiger partial charge is 0.446 e. The van der Waals surface area contributed by atoms with Crippen LogP contribution < -0.4 is 23.8 Å². The van der Waals surface area contributed by atoms with Crippen molar-refractivity contribution >= 4 is 0 Å².